The number of carbonyl (C=O) groups is 3. The highest BCUT2D eigenvalue weighted by Crippen LogP contribution is 2.41. The molecule has 1 saturated heterocycles. The predicted octanol–water partition coefficient (Wildman–Crippen LogP) is 2.62. The minimum absolute atomic E-state index is 0.0303. The van der Waals surface area contributed by atoms with Gasteiger partial charge >= 0.3 is 12.2 Å². The van der Waals surface area contributed by atoms with Crippen LogP contribution < -0.4 is 10.6 Å². The van der Waals surface area contributed by atoms with Gasteiger partial charge in [0.25, 0.3) is 5.91 Å². The van der Waals surface area contributed by atoms with E-state index < -0.39 is 48.1 Å². The number of benzene rings is 1. The summed E-state index contributed by atoms with van der Waals surface area (Å²) in [6, 6.07) is 5.57. The maximum absolute atomic E-state index is 13.2. The molecule has 29 heavy (non-hydrogen) atoms. The molecule has 1 heterocycles. The van der Waals surface area contributed by atoms with Crippen LogP contribution in [0.4, 0.5) is 18.0 Å². The summed E-state index contributed by atoms with van der Waals surface area (Å²) in [6.45, 7) is -0.588. The standard InChI is InChI=1S/C20H22F3N3O3/c21-20(22,23)14-7-3-4-8-15(14)24-16(27)11-26-17(28)19(25-18(26)29)10-9-12-5-1-2-6-13(12)19/h1-2,5-6,14-15H,3-4,7-11H2,(H,24,27)(H,25,29). The lowest BCUT2D eigenvalue weighted by atomic mass is 9.84. The van der Waals surface area contributed by atoms with Gasteiger partial charge in [-0.2, -0.15) is 13.2 Å². The zero-order valence-electron chi connectivity index (χ0n) is 15.7. The largest absolute Gasteiger partial charge is 0.393 e. The highest BCUT2D eigenvalue weighted by molar-refractivity contribution is 6.09. The minimum Gasteiger partial charge on any atom is -0.351 e. The minimum atomic E-state index is -4.39. The van der Waals surface area contributed by atoms with Crippen molar-refractivity contribution in [2.24, 2.45) is 5.92 Å². The third kappa shape index (κ3) is 3.36. The summed E-state index contributed by atoms with van der Waals surface area (Å²) in [5.41, 5.74) is 0.487. The van der Waals surface area contributed by atoms with E-state index in [1.165, 1.54) is 0 Å². The summed E-state index contributed by atoms with van der Waals surface area (Å²) < 4.78 is 39.7. The number of nitrogens with zero attached hydrogens (tertiary/aromatic N) is 1. The van der Waals surface area contributed by atoms with Gasteiger partial charge in [0.1, 0.15) is 12.1 Å². The molecular formula is C20H22F3N3O3. The van der Waals surface area contributed by atoms with Crippen LogP contribution in [0, 0.1) is 5.92 Å². The van der Waals surface area contributed by atoms with Crippen molar-refractivity contribution < 1.29 is 27.6 Å². The normalized spacial score (nSPS) is 29.1. The molecule has 156 valence electrons. The maximum Gasteiger partial charge on any atom is 0.393 e. The first-order valence-electron chi connectivity index (χ1n) is 9.81. The third-order valence-electron chi connectivity index (χ3n) is 6.26. The quantitative estimate of drug-likeness (QED) is 0.754. The van der Waals surface area contributed by atoms with Crippen LogP contribution in [0.25, 0.3) is 0 Å². The molecule has 1 aliphatic heterocycles. The first-order valence-corrected chi connectivity index (χ1v) is 9.81. The van der Waals surface area contributed by atoms with Crippen molar-refractivity contribution in [2.75, 3.05) is 6.54 Å². The number of fused-ring (bicyclic) bond motifs is 2. The van der Waals surface area contributed by atoms with E-state index in [0.717, 1.165) is 10.5 Å². The van der Waals surface area contributed by atoms with E-state index in [0.29, 0.717) is 31.2 Å². The Bertz CT molecular complexity index is 857. The van der Waals surface area contributed by atoms with Gasteiger partial charge in [0.05, 0.1) is 5.92 Å². The number of nitrogens with one attached hydrogen (secondary N) is 2. The maximum atomic E-state index is 13.2. The summed E-state index contributed by atoms with van der Waals surface area (Å²) >= 11 is 0. The molecule has 2 fully saturated rings. The number of alkyl halides is 3. The fourth-order valence-electron chi connectivity index (χ4n) is 4.82. The Morgan fingerprint density at radius 1 is 1.21 bits per heavy atom. The average molecular weight is 409 g/mol. The number of hydrogen-bond acceptors (Lipinski definition) is 3. The van der Waals surface area contributed by atoms with Crippen LogP contribution in [0.5, 0.6) is 0 Å². The molecule has 3 atom stereocenters. The molecule has 6 nitrogen and oxygen atoms in total. The first-order chi connectivity index (χ1) is 13.7. The van der Waals surface area contributed by atoms with Gasteiger partial charge in [-0.15, -0.1) is 0 Å². The highest BCUT2D eigenvalue weighted by Gasteiger charge is 2.55. The Balaban J connectivity index is 1.47. The van der Waals surface area contributed by atoms with E-state index >= 15 is 0 Å². The number of hydrogen-bond donors (Lipinski definition) is 2. The molecule has 2 N–H and O–H groups in total. The lowest BCUT2D eigenvalue weighted by molar-refractivity contribution is -0.189. The van der Waals surface area contributed by atoms with Gasteiger partial charge in [-0.1, -0.05) is 37.1 Å². The van der Waals surface area contributed by atoms with Crippen LogP contribution in [0.1, 0.15) is 43.2 Å². The Morgan fingerprint density at radius 2 is 1.93 bits per heavy atom. The van der Waals surface area contributed by atoms with E-state index in [1.807, 2.05) is 12.1 Å². The monoisotopic (exact) mass is 409 g/mol. The van der Waals surface area contributed by atoms with Crippen molar-refractivity contribution in [3.05, 3.63) is 35.4 Å². The van der Waals surface area contributed by atoms with Gasteiger partial charge in [-0.05, 0) is 36.8 Å². The second-order valence-electron chi connectivity index (χ2n) is 7.99. The molecule has 1 saturated carbocycles. The fourth-order valence-corrected chi connectivity index (χ4v) is 4.82. The van der Waals surface area contributed by atoms with Crippen LogP contribution >= 0.6 is 0 Å². The third-order valence-corrected chi connectivity index (χ3v) is 6.26. The van der Waals surface area contributed by atoms with Crippen molar-refractivity contribution in [1.82, 2.24) is 15.5 Å². The van der Waals surface area contributed by atoms with Crippen LogP contribution in [0.2, 0.25) is 0 Å². The van der Waals surface area contributed by atoms with Gasteiger partial charge in [0.15, 0.2) is 0 Å². The lowest BCUT2D eigenvalue weighted by Gasteiger charge is -2.33. The first kappa shape index (κ1) is 19.7. The molecule has 1 aromatic carbocycles. The molecule has 4 rings (SSSR count). The molecule has 3 aliphatic rings. The van der Waals surface area contributed by atoms with Gasteiger partial charge in [-0.3, -0.25) is 14.5 Å². The molecule has 0 radical (unpaired) electrons. The van der Waals surface area contributed by atoms with Crippen LogP contribution in [0.15, 0.2) is 24.3 Å². The lowest BCUT2D eigenvalue weighted by Crippen LogP contribution is -2.51. The van der Waals surface area contributed by atoms with Gasteiger partial charge < -0.3 is 10.6 Å². The van der Waals surface area contributed by atoms with E-state index in [-0.39, 0.29) is 12.8 Å². The summed E-state index contributed by atoms with van der Waals surface area (Å²) in [7, 11) is 0. The SMILES string of the molecule is O=C(CN1C(=O)NC2(CCc3ccccc32)C1=O)NC1CCCCC1C(F)(F)F. The zero-order valence-corrected chi connectivity index (χ0v) is 15.7. The number of urea groups is 1. The number of carbonyl (C=O) groups excluding carboxylic acids is 3. The molecule has 1 aromatic rings. The molecule has 4 amide bonds. The number of imide groups is 1. The molecule has 0 bridgehead atoms. The van der Waals surface area contributed by atoms with Crippen molar-refractivity contribution in [1.29, 1.82) is 0 Å². The van der Waals surface area contributed by atoms with Gasteiger partial charge in [0, 0.05) is 6.04 Å². The van der Waals surface area contributed by atoms with Crippen LogP contribution in [-0.2, 0) is 21.5 Å². The summed E-state index contributed by atoms with van der Waals surface area (Å²) in [5.74, 6) is -2.88. The molecular weight excluding hydrogens is 387 g/mol. The van der Waals surface area contributed by atoms with Crippen molar-refractivity contribution >= 4 is 17.8 Å². The molecule has 3 unspecified atom stereocenters. The molecule has 2 aliphatic carbocycles. The van der Waals surface area contributed by atoms with Gasteiger partial charge in [0.2, 0.25) is 5.91 Å². The predicted molar refractivity (Wildman–Crippen MR) is 96.6 cm³/mol. The summed E-state index contributed by atoms with van der Waals surface area (Å²) in [5, 5.41) is 5.11. The number of aryl methyl sites for hydroxylation is 1. The van der Waals surface area contributed by atoms with Crippen molar-refractivity contribution in [2.45, 2.75) is 56.3 Å². The second kappa shape index (κ2) is 7.03. The Kier molecular flexibility index (Phi) is 4.78. The van der Waals surface area contributed by atoms with Crippen LogP contribution in [-0.4, -0.2) is 41.5 Å². The van der Waals surface area contributed by atoms with E-state index in [4.69, 9.17) is 0 Å². The van der Waals surface area contributed by atoms with Crippen molar-refractivity contribution in [3.63, 3.8) is 0 Å². The zero-order chi connectivity index (χ0) is 20.8. The number of halogens is 3. The molecule has 0 aromatic heterocycles. The molecule has 1 spiro atoms. The Morgan fingerprint density at radius 3 is 2.69 bits per heavy atom. The average Bonchev–Trinajstić information content (AvgIpc) is 3.15. The second-order valence-corrected chi connectivity index (χ2v) is 7.99. The molecule has 9 heteroatoms. The van der Waals surface area contributed by atoms with Gasteiger partial charge in [-0.25, -0.2) is 4.79 Å². The van der Waals surface area contributed by atoms with Crippen molar-refractivity contribution in [3.8, 4) is 0 Å². The Labute approximate surface area is 165 Å². The summed E-state index contributed by atoms with van der Waals surface area (Å²) in [4.78, 5) is 38.7. The van der Waals surface area contributed by atoms with E-state index in [2.05, 4.69) is 10.6 Å². The number of amides is 4. The topological polar surface area (TPSA) is 78.5 Å². The van der Waals surface area contributed by atoms with Crippen LogP contribution in [0.3, 0.4) is 0 Å². The van der Waals surface area contributed by atoms with E-state index in [9.17, 15) is 27.6 Å². The smallest absolute Gasteiger partial charge is 0.351 e. The highest BCUT2D eigenvalue weighted by atomic mass is 19.4. The Hall–Kier alpha value is -2.58. The summed E-state index contributed by atoms with van der Waals surface area (Å²) in [6.07, 6.45) is -2.11. The number of rotatable bonds is 3. The van der Waals surface area contributed by atoms with E-state index in [1.54, 1.807) is 12.1 Å². The fraction of sp³-hybridized carbons (Fsp3) is 0.550.